The van der Waals surface area contributed by atoms with Crippen molar-refractivity contribution in [1.29, 1.82) is 1.43 Å². The Kier molecular flexibility index (Phi) is 4.22. The molecular weight excluding hydrogens is 138 g/mol. The van der Waals surface area contributed by atoms with Gasteiger partial charge in [0.05, 0.1) is 6.61 Å². The molecular formula is C9H15NO. The summed E-state index contributed by atoms with van der Waals surface area (Å²) in [6.07, 6.45) is 0. The first-order valence-corrected chi connectivity index (χ1v) is 3.75. The molecule has 1 rings (SSSR count). The normalized spacial score (nSPS) is 9.45. The number of aliphatic hydroxyl groups is 1. The third-order valence-electron chi connectivity index (χ3n) is 1.15. The first kappa shape index (κ1) is 8.08. The quantitative estimate of drug-likeness (QED) is 0.638. The molecule has 0 aliphatic heterocycles. The van der Waals surface area contributed by atoms with E-state index in [0.29, 0.717) is 6.61 Å². The van der Waals surface area contributed by atoms with Gasteiger partial charge in [-0.3, -0.25) is 0 Å². The molecule has 3 N–H and O–H groups in total. The minimum absolute atomic E-state index is 0.320. The molecule has 0 saturated heterocycles. The Morgan fingerprint density at radius 3 is 2.36 bits per heavy atom. The Labute approximate surface area is 69.2 Å². The number of hydrogen-bond acceptors (Lipinski definition) is 2. The number of rotatable bonds is 2. The van der Waals surface area contributed by atoms with E-state index in [2.05, 4.69) is 5.11 Å². The van der Waals surface area contributed by atoms with Crippen molar-refractivity contribution in [3.05, 3.63) is 29.8 Å². The fourth-order valence-corrected chi connectivity index (χ4v) is 0.614. The second kappa shape index (κ2) is 5.74. The molecule has 11 heavy (non-hydrogen) atoms. The van der Waals surface area contributed by atoms with Gasteiger partial charge >= 0.3 is 0 Å². The first-order chi connectivity index (χ1) is 5.83. The zero-order valence-corrected chi connectivity index (χ0v) is 7.00. The van der Waals surface area contributed by atoms with Crippen molar-refractivity contribution in [2.75, 3.05) is 5.73 Å². The van der Waals surface area contributed by atoms with Crippen LogP contribution in [0.1, 0.15) is 19.4 Å². The third kappa shape index (κ3) is 3.63. The Hall–Kier alpha value is -1.02. The van der Waals surface area contributed by atoms with Gasteiger partial charge in [0.15, 0.2) is 0 Å². The molecule has 0 aliphatic carbocycles. The monoisotopic (exact) mass is 154 g/mol. The zero-order chi connectivity index (χ0) is 9.40. The number of hydrogen-bond donors (Lipinski definition) is 2. The summed E-state index contributed by atoms with van der Waals surface area (Å²) in [6.45, 7) is 4.32. The predicted molar refractivity (Wildman–Crippen MR) is 48.1 cm³/mol. The van der Waals surface area contributed by atoms with Crippen LogP contribution in [-0.4, -0.2) is 6.54 Å². The van der Waals surface area contributed by atoms with Crippen molar-refractivity contribution in [2.24, 2.45) is 0 Å². The predicted octanol–water partition coefficient (Wildman–Crippen LogP) is 1.79. The van der Waals surface area contributed by atoms with Gasteiger partial charge < -0.3 is 10.8 Å². The molecule has 0 amide bonds. The summed E-state index contributed by atoms with van der Waals surface area (Å²) in [5.41, 5.74) is 7.13. The Bertz CT molecular complexity index is 198. The maximum Gasteiger partial charge on any atom is 0.211 e. The van der Waals surface area contributed by atoms with Gasteiger partial charge in [0.2, 0.25) is 1.43 Å². The fourth-order valence-electron chi connectivity index (χ4n) is 0.614. The third-order valence-corrected chi connectivity index (χ3v) is 1.15. The van der Waals surface area contributed by atoms with Crippen molar-refractivity contribution < 1.29 is 5.11 Å². The Morgan fingerprint density at radius 2 is 1.91 bits per heavy atom. The van der Waals surface area contributed by atoms with Gasteiger partial charge in [-0.05, 0) is 17.7 Å². The maximum atomic E-state index is 6.46. The van der Waals surface area contributed by atoms with Gasteiger partial charge in [-0.15, -0.1) is 0 Å². The fraction of sp³-hybridized carbons (Fsp3) is 0.333. The molecule has 0 spiro atoms. The van der Waals surface area contributed by atoms with Crippen LogP contribution >= 0.6 is 0 Å². The average molecular weight is 154 g/mol. The molecule has 2 heteroatoms. The summed E-state index contributed by atoms with van der Waals surface area (Å²) < 4.78 is 6.46. The summed E-state index contributed by atoms with van der Waals surface area (Å²) in [4.78, 5) is 0. The lowest BCUT2D eigenvalue weighted by molar-refractivity contribution is 0.282. The van der Waals surface area contributed by atoms with Crippen molar-refractivity contribution in [3.8, 4) is 0 Å². The number of nitrogens with two attached hydrogens (primary N) is 1. The molecule has 62 valence electrons. The number of benzene rings is 1. The minimum atomic E-state index is 0.320. The highest BCUT2D eigenvalue weighted by Gasteiger charge is 1.86. The average Bonchev–Trinajstić information content (AvgIpc) is 2.13. The van der Waals surface area contributed by atoms with Gasteiger partial charge in [0.1, 0.15) is 0 Å². The van der Waals surface area contributed by atoms with Crippen LogP contribution < -0.4 is 5.73 Å². The van der Waals surface area contributed by atoms with E-state index in [-0.39, 0.29) is 0 Å². The molecule has 2 nitrogen and oxygen atoms in total. The first-order valence-electron chi connectivity index (χ1n) is 4.16. The molecule has 0 aliphatic rings. The standard InChI is InChI=1S/C7H9NO.C2H6/c8-7-3-1-6(5-9)2-4-7;1-2/h1-4,9H,5,8H2;1-2H3/i9D;. The smallest absolute Gasteiger partial charge is 0.211 e. The van der Waals surface area contributed by atoms with Crippen LogP contribution in [0.3, 0.4) is 0 Å². The molecule has 0 saturated carbocycles. The van der Waals surface area contributed by atoms with Crippen molar-refractivity contribution in [3.63, 3.8) is 0 Å². The van der Waals surface area contributed by atoms with E-state index in [1.807, 2.05) is 26.0 Å². The van der Waals surface area contributed by atoms with Crippen LogP contribution in [0, 0.1) is 0 Å². The van der Waals surface area contributed by atoms with Gasteiger partial charge in [0, 0.05) is 5.69 Å². The van der Waals surface area contributed by atoms with Crippen LogP contribution in [0.25, 0.3) is 0 Å². The van der Waals surface area contributed by atoms with E-state index in [0.717, 1.165) is 11.3 Å². The summed E-state index contributed by atoms with van der Waals surface area (Å²) in [7, 11) is 0. The Morgan fingerprint density at radius 1 is 1.36 bits per heavy atom. The summed E-state index contributed by atoms with van der Waals surface area (Å²) >= 11 is 0. The molecule has 0 atom stereocenters. The zero-order valence-electron chi connectivity index (χ0n) is 8.00. The van der Waals surface area contributed by atoms with Crippen LogP contribution in [0.5, 0.6) is 0 Å². The van der Waals surface area contributed by atoms with Gasteiger partial charge in [0.25, 0.3) is 0 Å². The van der Waals surface area contributed by atoms with Crippen molar-refractivity contribution >= 4 is 5.69 Å². The topological polar surface area (TPSA) is 46.2 Å². The molecule has 0 unspecified atom stereocenters. The highest BCUT2D eigenvalue weighted by Crippen LogP contribution is 2.03. The molecule has 0 radical (unpaired) electrons. The van der Waals surface area contributed by atoms with E-state index < -0.39 is 0 Å². The van der Waals surface area contributed by atoms with Gasteiger partial charge in [-0.1, -0.05) is 26.0 Å². The van der Waals surface area contributed by atoms with Crippen molar-refractivity contribution in [1.82, 2.24) is 0 Å². The largest absolute Gasteiger partial charge is 0.399 e. The van der Waals surface area contributed by atoms with Gasteiger partial charge in [-0.25, -0.2) is 0 Å². The summed E-state index contributed by atoms with van der Waals surface area (Å²) in [5.74, 6) is 0. The summed E-state index contributed by atoms with van der Waals surface area (Å²) in [6, 6.07) is 7.25. The number of aliphatic hydroxyl groups excluding tert-OH is 1. The molecule has 1 aromatic rings. The van der Waals surface area contributed by atoms with E-state index in [4.69, 9.17) is 7.16 Å². The number of anilines is 1. The van der Waals surface area contributed by atoms with E-state index in [9.17, 15) is 0 Å². The Balaban J connectivity index is 0.000000561. The highest BCUT2D eigenvalue weighted by molar-refractivity contribution is 5.38. The maximum absolute atomic E-state index is 6.46. The second-order valence-electron chi connectivity index (χ2n) is 1.89. The highest BCUT2D eigenvalue weighted by atomic mass is 16.3. The van der Waals surface area contributed by atoms with Crippen LogP contribution in [0.15, 0.2) is 24.3 Å². The van der Waals surface area contributed by atoms with E-state index in [1.165, 1.54) is 0 Å². The lowest BCUT2D eigenvalue weighted by Gasteiger charge is -1.94. The molecule has 1 aromatic carbocycles. The molecule has 0 heterocycles. The van der Waals surface area contributed by atoms with Crippen LogP contribution in [0.4, 0.5) is 5.69 Å². The lowest BCUT2D eigenvalue weighted by atomic mass is 10.2. The van der Waals surface area contributed by atoms with E-state index in [1.54, 1.807) is 12.1 Å². The van der Waals surface area contributed by atoms with Gasteiger partial charge in [-0.2, -0.15) is 0 Å². The minimum Gasteiger partial charge on any atom is -0.399 e. The molecule has 0 aromatic heterocycles. The SMILES string of the molecule is CC.[2H]OCc1ccc(N)cc1. The van der Waals surface area contributed by atoms with Crippen LogP contribution in [0.2, 0.25) is 0 Å². The van der Waals surface area contributed by atoms with E-state index >= 15 is 0 Å². The number of nitrogen functional groups attached to an aromatic ring is 1. The van der Waals surface area contributed by atoms with Crippen molar-refractivity contribution in [2.45, 2.75) is 20.5 Å². The molecule has 0 bridgehead atoms. The lowest BCUT2D eigenvalue weighted by Crippen LogP contribution is -1.85. The van der Waals surface area contributed by atoms with Crippen LogP contribution in [-0.2, 0) is 6.61 Å². The summed E-state index contributed by atoms with van der Waals surface area (Å²) in [5, 5.41) is 4.18. The molecule has 0 fully saturated rings. The second-order valence-corrected chi connectivity index (χ2v) is 1.89.